The number of rotatable bonds is 5. The quantitative estimate of drug-likeness (QED) is 0.678. The lowest BCUT2D eigenvalue weighted by molar-refractivity contribution is 0.0422. The highest BCUT2D eigenvalue weighted by molar-refractivity contribution is 4.92. The normalized spacial score (nSPS) is 15.9. The van der Waals surface area contributed by atoms with Crippen molar-refractivity contribution in [2.45, 2.75) is 66.9 Å². The molecule has 0 radical (unpaired) electrons. The van der Waals surface area contributed by atoms with E-state index in [0.29, 0.717) is 5.92 Å². The van der Waals surface area contributed by atoms with E-state index in [-0.39, 0.29) is 11.5 Å². The molecule has 0 aliphatic rings. The van der Waals surface area contributed by atoms with Crippen LogP contribution in [0.3, 0.4) is 0 Å². The Hall–Kier alpha value is -0.300. The zero-order valence-electron chi connectivity index (χ0n) is 11.3. The molecule has 15 heavy (non-hydrogen) atoms. The molecule has 0 fully saturated rings. The van der Waals surface area contributed by atoms with Gasteiger partial charge in [0.25, 0.3) is 0 Å². The molecule has 0 aromatic heterocycles. The Balaban J connectivity index is 3.84. The summed E-state index contributed by atoms with van der Waals surface area (Å²) in [6, 6.07) is 0. The predicted octanol–water partition coefficient (Wildman–Crippen LogP) is 4.17. The van der Waals surface area contributed by atoms with E-state index in [1.807, 2.05) is 0 Å². The van der Waals surface area contributed by atoms with Gasteiger partial charge in [0, 0.05) is 0 Å². The van der Waals surface area contributed by atoms with Crippen LogP contribution in [-0.4, -0.2) is 11.2 Å². The van der Waals surface area contributed by atoms with Gasteiger partial charge >= 0.3 is 0 Å². The van der Waals surface area contributed by atoms with Crippen molar-refractivity contribution in [2.75, 3.05) is 0 Å². The van der Waals surface area contributed by atoms with Crippen LogP contribution in [0.2, 0.25) is 0 Å². The molecule has 0 saturated carbocycles. The first-order valence-corrected chi connectivity index (χ1v) is 6.05. The maximum atomic E-state index is 9.95. The second-order valence-electron chi connectivity index (χ2n) is 6.08. The molecule has 0 aromatic carbocycles. The van der Waals surface area contributed by atoms with Gasteiger partial charge in [0.15, 0.2) is 0 Å². The Morgan fingerprint density at radius 2 is 1.80 bits per heavy atom. The monoisotopic (exact) mass is 212 g/mol. The van der Waals surface area contributed by atoms with Gasteiger partial charge in [0.05, 0.1) is 6.10 Å². The molecule has 0 spiro atoms. The summed E-state index contributed by atoms with van der Waals surface area (Å²) >= 11 is 0. The molecule has 0 aliphatic heterocycles. The highest BCUT2D eigenvalue weighted by Crippen LogP contribution is 2.26. The smallest absolute Gasteiger partial charge is 0.0591 e. The van der Waals surface area contributed by atoms with Gasteiger partial charge < -0.3 is 5.11 Å². The van der Waals surface area contributed by atoms with E-state index in [9.17, 15) is 5.11 Å². The van der Waals surface area contributed by atoms with Crippen LogP contribution in [0.1, 0.15) is 60.8 Å². The Morgan fingerprint density at radius 1 is 1.27 bits per heavy atom. The first-order chi connectivity index (χ1) is 6.73. The molecule has 0 amide bonds. The maximum absolute atomic E-state index is 9.95. The van der Waals surface area contributed by atoms with E-state index < -0.39 is 0 Å². The zero-order chi connectivity index (χ0) is 12.1. The molecular formula is C14H28O. The van der Waals surface area contributed by atoms with Crippen molar-refractivity contribution in [2.24, 2.45) is 11.3 Å². The average molecular weight is 212 g/mol. The van der Waals surface area contributed by atoms with Gasteiger partial charge in [0.1, 0.15) is 0 Å². The second kappa shape index (κ2) is 6.32. The first-order valence-electron chi connectivity index (χ1n) is 6.05. The van der Waals surface area contributed by atoms with Gasteiger partial charge in [0.2, 0.25) is 0 Å². The maximum Gasteiger partial charge on any atom is 0.0591 e. The summed E-state index contributed by atoms with van der Waals surface area (Å²) in [5.74, 6) is 0.606. The van der Waals surface area contributed by atoms with Crippen LogP contribution < -0.4 is 0 Å². The molecule has 1 unspecified atom stereocenters. The van der Waals surface area contributed by atoms with Crippen molar-refractivity contribution < 1.29 is 5.11 Å². The molecule has 0 aliphatic carbocycles. The van der Waals surface area contributed by atoms with Gasteiger partial charge in [-0.1, -0.05) is 39.3 Å². The third-order valence-electron chi connectivity index (χ3n) is 2.84. The van der Waals surface area contributed by atoms with Crippen LogP contribution in [0.15, 0.2) is 11.6 Å². The van der Waals surface area contributed by atoms with Crippen molar-refractivity contribution >= 4 is 0 Å². The van der Waals surface area contributed by atoms with Crippen LogP contribution in [0.5, 0.6) is 0 Å². The standard InChI is InChI=1S/C14H28O/c1-11(2)8-7-9-12(3)10-13(15)14(4,5)6/h8,12-13,15H,7,9-10H2,1-6H3/t12-,13?/m0/s1. The van der Waals surface area contributed by atoms with Gasteiger partial charge in [-0.3, -0.25) is 0 Å². The highest BCUT2D eigenvalue weighted by atomic mass is 16.3. The fourth-order valence-corrected chi connectivity index (χ4v) is 1.51. The lowest BCUT2D eigenvalue weighted by atomic mass is 9.83. The third-order valence-corrected chi connectivity index (χ3v) is 2.84. The molecule has 0 aromatic rings. The first kappa shape index (κ1) is 14.7. The van der Waals surface area contributed by atoms with E-state index in [1.54, 1.807) is 0 Å². The van der Waals surface area contributed by atoms with Crippen LogP contribution in [0.25, 0.3) is 0 Å². The zero-order valence-corrected chi connectivity index (χ0v) is 11.3. The molecule has 0 bridgehead atoms. The molecule has 0 saturated heterocycles. The van der Waals surface area contributed by atoms with E-state index in [1.165, 1.54) is 12.0 Å². The molecular weight excluding hydrogens is 184 g/mol. The fourth-order valence-electron chi connectivity index (χ4n) is 1.51. The minimum absolute atomic E-state index is 0.0186. The molecule has 2 atom stereocenters. The summed E-state index contributed by atoms with van der Waals surface area (Å²) in [4.78, 5) is 0. The number of aliphatic hydroxyl groups is 1. The lowest BCUT2D eigenvalue weighted by Crippen LogP contribution is -2.27. The van der Waals surface area contributed by atoms with E-state index in [0.717, 1.165) is 12.8 Å². The Morgan fingerprint density at radius 3 is 2.20 bits per heavy atom. The topological polar surface area (TPSA) is 20.2 Å². The fraction of sp³-hybridized carbons (Fsp3) is 0.857. The summed E-state index contributed by atoms with van der Waals surface area (Å²) in [5, 5.41) is 9.95. The van der Waals surface area contributed by atoms with Crippen LogP contribution in [0.4, 0.5) is 0 Å². The van der Waals surface area contributed by atoms with Crippen molar-refractivity contribution in [1.82, 2.24) is 0 Å². The van der Waals surface area contributed by atoms with Gasteiger partial charge in [-0.15, -0.1) is 0 Å². The Bertz CT molecular complexity index is 194. The molecule has 1 heteroatoms. The minimum Gasteiger partial charge on any atom is -0.393 e. The molecule has 0 heterocycles. The van der Waals surface area contributed by atoms with Crippen molar-refractivity contribution in [3.05, 3.63) is 11.6 Å². The van der Waals surface area contributed by atoms with Crippen LogP contribution >= 0.6 is 0 Å². The van der Waals surface area contributed by atoms with Gasteiger partial charge in [-0.25, -0.2) is 0 Å². The summed E-state index contributed by atoms with van der Waals surface area (Å²) in [7, 11) is 0. The SMILES string of the molecule is CC(C)=CCC[C@H](C)CC(O)C(C)(C)C. The summed E-state index contributed by atoms with van der Waals surface area (Å²) in [5.41, 5.74) is 1.41. The average Bonchev–Trinajstić information content (AvgIpc) is 2.01. The second-order valence-corrected chi connectivity index (χ2v) is 6.08. The minimum atomic E-state index is -0.181. The highest BCUT2D eigenvalue weighted by Gasteiger charge is 2.23. The lowest BCUT2D eigenvalue weighted by Gasteiger charge is -2.28. The molecule has 1 nitrogen and oxygen atoms in total. The summed E-state index contributed by atoms with van der Waals surface area (Å²) < 4.78 is 0. The largest absolute Gasteiger partial charge is 0.393 e. The van der Waals surface area contributed by atoms with Crippen LogP contribution in [-0.2, 0) is 0 Å². The summed E-state index contributed by atoms with van der Waals surface area (Å²) in [6.45, 7) is 12.8. The molecule has 90 valence electrons. The van der Waals surface area contributed by atoms with E-state index >= 15 is 0 Å². The number of allylic oxidation sites excluding steroid dienone is 2. The van der Waals surface area contributed by atoms with Crippen molar-refractivity contribution in [3.63, 3.8) is 0 Å². The van der Waals surface area contributed by atoms with Crippen LogP contribution in [0, 0.1) is 11.3 Å². The van der Waals surface area contributed by atoms with Crippen molar-refractivity contribution in [3.8, 4) is 0 Å². The number of aliphatic hydroxyl groups excluding tert-OH is 1. The van der Waals surface area contributed by atoms with E-state index in [4.69, 9.17) is 0 Å². The number of hydrogen-bond donors (Lipinski definition) is 1. The molecule has 0 rings (SSSR count). The predicted molar refractivity (Wildman–Crippen MR) is 67.9 cm³/mol. The summed E-state index contributed by atoms with van der Waals surface area (Å²) in [6.07, 6.45) is 5.33. The third kappa shape index (κ3) is 7.61. The Labute approximate surface area is 95.6 Å². The van der Waals surface area contributed by atoms with Crippen molar-refractivity contribution in [1.29, 1.82) is 0 Å². The van der Waals surface area contributed by atoms with Gasteiger partial charge in [-0.05, 0) is 44.4 Å². The number of hydrogen-bond acceptors (Lipinski definition) is 1. The van der Waals surface area contributed by atoms with E-state index in [2.05, 4.69) is 47.6 Å². The Kier molecular flexibility index (Phi) is 6.19. The molecule has 1 N–H and O–H groups in total. The van der Waals surface area contributed by atoms with Gasteiger partial charge in [-0.2, -0.15) is 0 Å².